The third-order valence-corrected chi connectivity index (χ3v) is 4.33. The van der Waals surface area contributed by atoms with Crippen LogP contribution in [0.25, 0.3) is 0 Å². The van der Waals surface area contributed by atoms with Gasteiger partial charge in [0, 0.05) is 37.1 Å². The highest BCUT2D eigenvalue weighted by molar-refractivity contribution is 5.34. The van der Waals surface area contributed by atoms with Gasteiger partial charge in [-0.1, -0.05) is 27.7 Å². The largest absolute Gasteiger partial charge is 0.341 e. The smallest absolute Gasteiger partial charge is 0.225 e. The maximum Gasteiger partial charge on any atom is 0.225 e. The molecule has 1 fully saturated rings. The molecule has 0 aliphatic carbocycles. The van der Waals surface area contributed by atoms with E-state index in [9.17, 15) is 0 Å². The van der Waals surface area contributed by atoms with Gasteiger partial charge in [-0.05, 0) is 31.2 Å². The molecule has 112 valence electrons. The van der Waals surface area contributed by atoms with E-state index in [1.807, 2.05) is 6.20 Å². The molecule has 1 aliphatic heterocycles. The molecule has 1 aromatic heterocycles. The Morgan fingerprint density at radius 1 is 1.40 bits per heavy atom. The van der Waals surface area contributed by atoms with Crippen LogP contribution in [-0.4, -0.2) is 29.6 Å². The highest BCUT2D eigenvalue weighted by Gasteiger charge is 2.32. The molecule has 1 aliphatic rings. The summed E-state index contributed by atoms with van der Waals surface area (Å²) in [6, 6.07) is 0. The average Bonchev–Trinajstić information content (AvgIpc) is 2.86. The lowest BCUT2D eigenvalue weighted by Gasteiger charge is -2.27. The number of hydrogen-bond donors (Lipinski definition) is 1. The summed E-state index contributed by atoms with van der Waals surface area (Å²) < 4.78 is 0. The van der Waals surface area contributed by atoms with Gasteiger partial charge in [0.1, 0.15) is 0 Å². The zero-order chi connectivity index (χ0) is 14.8. The highest BCUT2D eigenvalue weighted by Crippen LogP contribution is 2.34. The van der Waals surface area contributed by atoms with E-state index >= 15 is 0 Å². The highest BCUT2D eigenvalue weighted by atomic mass is 15.3. The summed E-state index contributed by atoms with van der Waals surface area (Å²) in [6.45, 7) is 15.2. The summed E-state index contributed by atoms with van der Waals surface area (Å²) >= 11 is 0. The van der Waals surface area contributed by atoms with Gasteiger partial charge >= 0.3 is 0 Å². The number of aromatic nitrogens is 2. The Balaban J connectivity index is 2.05. The third kappa shape index (κ3) is 3.48. The van der Waals surface area contributed by atoms with Crippen LogP contribution in [0.2, 0.25) is 0 Å². The van der Waals surface area contributed by atoms with Crippen molar-refractivity contribution in [2.75, 3.05) is 24.5 Å². The number of anilines is 1. The molecule has 0 saturated carbocycles. The van der Waals surface area contributed by atoms with Gasteiger partial charge in [0.05, 0.1) is 0 Å². The van der Waals surface area contributed by atoms with E-state index in [1.165, 1.54) is 12.0 Å². The quantitative estimate of drug-likeness (QED) is 0.918. The fourth-order valence-electron chi connectivity index (χ4n) is 2.71. The van der Waals surface area contributed by atoms with Crippen LogP contribution in [-0.2, 0) is 6.54 Å². The molecule has 0 radical (unpaired) electrons. The van der Waals surface area contributed by atoms with Crippen molar-refractivity contribution in [2.45, 2.75) is 47.6 Å². The predicted octanol–water partition coefficient (Wildman–Crippen LogP) is 2.77. The van der Waals surface area contributed by atoms with Crippen molar-refractivity contribution in [1.29, 1.82) is 0 Å². The standard InChI is InChI=1S/C16H28N4/c1-6-17-9-13-10-18-15(19-12(13)2)20-8-7-14(11-20)16(3,4)5/h10,14,17H,6-9,11H2,1-5H3. The van der Waals surface area contributed by atoms with Gasteiger partial charge in [-0.3, -0.25) is 0 Å². The Kier molecular flexibility index (Phi) is 4.63. The Morgan fingerprint density at radius 3 is 2.70 bits per heavy atom. The summed E-state index contributed by atoms with van der Waals surface area (Å²) in [4.78, 5) is 11.6. The van der Waals surface area contributed by atoms with E-state index in [-0.39, 0.29) is 0 Å². The summed E-state index contributed by atoms with van der Waals surface area (Å²) in [5.41, 5.74) is 2.66. The average molecular weight is 276 g/mol. The number of rotatable bonds is 4. The third-order valence-electron chi connectivity index (χ3n) is 4.33. The number of nitrogens with zero attached hydrogens (tertiary/aromatic N) is 3. The molecule has 1 N–H and O–H groups in total. The zero-order valence-electron chi connectivity index (χ0n) is 13.5. The molecule has 1 atom stereocenters. The minimum atomic E-state index is 0.370. The van der Waals surface area contributed by atoms with Gasteiger partial charge in [0.25, 0.3) is 0 Å². The van der Waals surface area contributed by atoms with Crippen LogP contribution < -0.4 is 10.2 Å². The van der Waals surface area contributed by atoms with Gasteiger partial charge in [-0.2, -0.15) is 0 Å². The van der Waals surface area contributed by atoms with E-state index < -0.39 is 0 Å². The minimum Gasteiger partial charge on any atom is -0.341 e. The Morgan fingerprint density at radius 2 is 2.15 bits per heavy atom. The van der Waals surface area contributed by atoms with E-state index in [0.717, 1.165) is 43.7 Å². The maximum absolute atomic E-state index is 4.70. The number of hydrogen-bond acceptors (Lipinski definition) is 4. The lowest BCUT2D eigenvalue weighted by Crippen LogP contribution is -2.27. The molecule has 1 unspecified atom stereocenters. The fraction of sp³-hybridized carbons (Fsp3) is 0.750. The lowest BCUT2D eigenvalue weighted by molar-refractivity contribution is 0.263. The fourth-order valence-corrected chi connectivity index (χ4v) is 2.71. The molecule has 0 amide bonds. The molecule has 1 aromatic rings. The van der Waals surface area contributed by atoms with Gasteiger partial charge in [-0.25, -0.2) is 9.97 Å². The lowest BCUT2D eigenvalue weighted by atomic mass is 9.80. The van der Waals surface area contributed by atoms with E-state index in [1.54, 1.807) is 0 Å². The van der Waals surface area contributed by atoms with Gasteiger partial charge in [0.2, 0.25) is 5.95 Å². The van der Waals surface area contributed by atoms with Crippen LogP contribution in [0.3, 0.4) is 0 Å². The first-order valence-electron chi connectivity index (χ1n) is 7.70. The first-order chi connectivity index (χ1) is 9.41. The van der Waals surface area contributed by atoms with Crippen LogP contribution in [0, 0.1) is 18.3 Å². The zero-order valence-corrected chi connectivity index (χ0v) is 13.5. The summed E-state index contributed by atoms with van der Waals surface area (Å²) in [6.07, 6.45) is 3.22. The molecule has 0 bridgehead atoms. The van der Waals surface area contributed by atoms with Crippen molar-refractivity contribution in [3.63, 3.8) is 0 Å². The minimum absolute atomic E-state index is 0.370. The molecule has 4 heteroatoms. The van der Waals surface area contributed by atoms with Crippen LogP contribution >= 0.6 is 0 Å². The van der Waals surface area contributed by atoms with Crippen molar-refractivity contribution >= 4 is 5.95 Å². The van der Waals surface area contributed by atoms with Gasteiger partial charge < -0.3 is 10.2 Å². The van der Waals surface area contributed by atoms with Crippen molar-refractivity contribution in [3.8, 4) is 0 Å². The molecule has 1 saturated heterocycles. The van der Waals surface area contributed by atoms with Crippen LogP contribution in [0.5, 0.6) is 0 Å². The first kappa shape index (κ1) is 15.2. The van der Waals surface area contributed by atoms with Crippen molar-refractivity contribution in [3.05, 3.63) is 17.5 Å². The topological polar surface area (TPSA) is 41.1 Å². The predicted molar refractivity (Wildman–Crippen MR) is 83.9 cm³/mol. The van der Waals surface area contributed by atoms with Crippen molar-refractivity contribution in [2.24, 2.45) is 11.3 Å². The second kappa shape index (κ2) is 6.08. The molecule has 20 heavy (non-hydrogen) atoms. The molecule has 2 heterocycles. The molecule has 4 nitrogen and oxygen atoms in total. The van der Waals surface area contributed by atoms with Gasteiger partial charge in [0.15, 0.2) is 0 Å². The Bertz CT molecular complexity index is 450. The van der Waals surface area contributed by atoms with Crippen LogP contribution in [0.15, 0.2) is 6.20 Å². The molecular weight excluding hydrogens is 248 g/mol. The van der Waals surface area contributed by atoms with Crippen LogP contribution in [0.1, 0.15) is 45.4 Å². The molecule has 0 aromatic carbocycles. The van der Waals surface area contributed by atoms with Crippen molar-refractivity contribution < 1.29 is 0 Å². The van der Waals surface area contributed by atoms with E-state index in [2.05, 4.69) is 49.8 Å². The van der Waals surface area contributed by atoms with Gasteiger partial charge in [-0.15, -0.1) is 0 Å². The second-order valence-electron chi connectivity index (χ2n) is 6.86. The summed E-state index contributed by atoms with van der Waals surface area (Å²) in [5.74, 6) is 1.63. The first-order valence-corrected chi connectivity index (χ1v) is 7.70. The Labute approximate surface area is 123 Å². The number of aryl methyl sites for hydroxylation is 1. The maximum atomic E-state index is 4.70. The summed E-state index contributed by atoms with van der Waals surface area (Å²) in [5, 5.41) is 3.33. The normalized spacial score (nSPS) is 19.6. The molecule has 2 rings (SSSR count). The molecular formula is C16H28N4. The molecule has 0 spiro atoms. The monoisotopic (exact) mass is 276 g/mol. The van der Waals surface area contributed by atoms with Crippen molar-refractivity contribution in [1.82, 2.24) is 15.3 Å². The SMILES string of the molecule is CCNCc1cnc(N2CCC(C(C)(C)C)C2)nc1C. The van der Waals surface area contributed by atoms with E-state index in [0.29, 0.717) is 5.41 Å². The number of nitrogens with one attached hydrogen (secondary N) is 1. The Hall–Kier alpha value is -1.16. The second-order valence-corrected chi connectivity index (χ2v) is 6.86. The van der Waals surface area contributed by atoms with E-state index in [4.69, 9.17) is 4.98 Å². The van der Waals surface area contributed by atoms with Crippen LogP contribution in [0.4, 0.5) is 5.95 Å². The summed E-state index contributed by atoms with van der Waals surface area (Å²) in [7, 11) is 0.